The summed E-state index contributed by atoms with van der Waals surface area (Å²) >= 11 is 5.00. The van der Waals surface area contributed by atoms with Crippen molar-refractivity contribution in [2.24, 2.45) is 0 Å². The van der Waals surface area contributed by atoms with Gasteiger partial charge in [-0.3, -0.25) is 0 Å². The van der Waals surface area contributed by atoms with Crippen molar-refractivity contribution in [2.75, 3.05) is 37.7 Å². The molecule has 1 fully saturated rings. The minimum Gasteiger partial charge on any atom is -0.494 e. The summed E-state index contributed by atoms with van der Waals surface area (Å²) in [5.41, 5.74) is 3.27. The molecule has 0 bridgehead atoms. The van der Waals surface area contributed by atoms with Crippen molar-refractivity contribution in [2.45, 2.75) is 23.6 Å². The lowest BCUT2D eigenvalue weighted by molar-refractivity contribution is 0.340. The molecule has 1 saturated heterocycles. The van der Waals surface area contributed by atoms with Gasteiger partial charge in [0.05, 0.1) is 17.2 Å². The third-order valence-electron chi connectivity index (χ3n) is 5.38. The van der Waals surface area contributed by atoms with E-state index >= 15 is 0 Å². The number of rotatable bonds is 8. The van der Waals surface area contributed by atoms with Crippen LogP contribution in [-0.2, 0) is 21.8 Å². The molecule has 1 aliphatic heterocycles. The van der Waals surface area contributed by atoms with Gasteiger partial charge in [0.15, 0.2) is 5.13 Å². The second kappa shape index (κ2) is 10.3. The minimum absolute atomic E-state index is 0.350. The van der Waals surface area contributed by atoms with E-state index in [0.717, 1.165) is 28.6 Å². The van der Waals surface area contributed by atoms with Gasteiger partial charge in [-0.05, 0) is 42.3 Å². The SMILES string of the molecule is CCOc1ccc(Cc2csc(N3CCN(S(=O)(=O)c4ccc(CBr)cc4)CC3)n2)cc1. The van der Waals surface area contributed by atoms with Crippen molar-refractivity contribution < 1.29 is 13.2 Å². The van der Waals surface area contributed by atoms with Crippen LogP contribution in [0.5, 0.6) is 5.75 Å². The zero-order chi connectivity index (χ0) is 22.6. The lowest BCUT2D eigenvalue weighted by atomic mass is 10.1. The molecule has 0 atom stereocenters. The van der Waals surface area contributed by atoms with Crippen LogP contribution in [0.3, 0.4) is 0 Å². The quantitative estimate of drug-likeness (QED) is 0.396. The molecule has 0 radical (unpaired) electrons. The minimum atomic E-state index is -3.47. The molecular formula is C23H26BrN3O3S2. The molecule has 1 aromatic heterocycles. The number of halogens is 1. The van der Waals surface area contributed by atoms with Crippen molar-refractivity contribution in [1.82, 2.24) is 9.29 Å². The van der Waals surface area contributed by atoms with Crippen LogP contribution in [0.4, 0.5) is 5.13 Å². The third-order valence-corrected chi connectivity index (χ3v) is 8.89. The Morgan fingerprint density at radius 3 is 2.28 bits per heavy atom. The van der Waals surface area contributed by atoms with Crippen molar-refractivity contribution >= 4 is 42.4 Å². The molecule has 2 aromatic carbocycles. The third kappa shape index (κ3) is 5.33. The van der Waals surface area contributed by atoms with Crippen LogP contribution in [0.15, 0.2) is 58.8 Å². The normalized spacial score (nSPS) is 15.1. The summed E-state index contributed by atoms with van der Waals surface area (Å²) in [5.74, 6) is 0.877. The zero-order valence-corrected chi connectivity index (χ0v) is 21.1. The van der Waals surface area contributed by atoms with E-state index < -0.39 is 10.0 Å². The molecule has 9 heteroatoms. The number of benzene rings is 2. The Hall–Kier alpha value is -1.94. The summed E-state index contributed by atoms with van der Waals surface area (Å²) in [6.07, 6.45) is 0.766. The van der Waals surface area contributed by atoms with Gasteiger partial charge in [-0.1, -0.05) is 40.2 Å². The van der Waals surface area contributed by atoms with Crippen molar-refractivity contribution in [3.05, 3.63) is 70.7 Å². The standard InChI is InChI=1S/C23H26BrN3O3S2/c1-2-30-21-7-3-18(4-8-21)15-20-17-31-23(25-20)26-11-13-27(14-12-26)32(28,29)22-9-5-19(16-24)6-10-22/h3-10,17H,2,11-16H2,1H3. The summed E-state index contributed by atoms with van der Waals surface area (Å²) in [5, 5.41) is 3.74. The average Bonchev–Trinajstić information content (AvgIpc) is 3.29. The second-order valence-electron chi connectivity index (χ2n) is 7.54. The Morgan fingerprint density at radius 1 is 1.00 bits per heavy atom. The molecule has 0 spiro atoms. The van der Waals surface area contributed by atoms with Gasteiger partial charge in [0, 0.05) is 43.3 Å². The Morgan fingerprint density at radius 2 is 1.66 bits per heavy atom. The fourth-order valence-corrected chi connectivity index (χ4v) is 6.30. The largest absolute Gasteiger partial charge is 0.494 e. The number of hydrogen-bond acceptors (Lipinski definition) is 6. The highest BCUT2D eigenvalue weighted by Crippen LogP contribution is 2.26. The van der Waals surface area contributed by atoms with E-state index in [1.165, 1.54) is 5.56 Å². The van der Waals surface area contributed by atoms with Gasteiger partial charge in [0.25, 0.3) is 0 Å². The van der Waals surface area contributed by atoms with Gasteiger partial charge >= 0.3 is 0 Å². The lowest BCUT2D eigenvalue weighted by Crippen LogP contribution is -2.48. The maximum absolute atomic E-state index is 13.0. The fourth-order valence-electron chi connectivity index (χ4n) is 3.62. The van der Waals surface area contributed by atoms with Gasteiger partial charge in [-0.2, -0.15) is 4.31 Å². The summed E-state index contributed by atoms with van der Waals surface area (Å²) < 4.78 is 33.0. The molecule has 0 unspecified atom stereocenters. The highest BCUT2D eigenvalue weighted by atomic mass is 79.9. The lowest BCUT2D eigenvalue weighted by Gasteiger charge is -2.33. The number of sulfonamides is 1. The number of alkyl halides is 1. The van der Waals surface area contributed by atoms with Crippen LogP contribution in [0.2, 0.25) is 0 Å². The number of ether oxygens (including phenoxy) is 1. The highest BCUT2D eigenvalue weighted by Gasteiger charge is 2.29. The molecule has 0 saturated carbocycles. The smallest absolute Gasteiger partial charge is 0.243 e. The number of hydrogen-bond donors (Lipinski definition) is 0. The predicted octanol–water partition coefficient (Wildman–Crippen LogP) is 4.54. The fraction of sp³-hybridized carbons (Fsp3) is 0.348. The van der Waals surface area contributed by atoms with Gasteiger partial charge in [-0.25, -0.2) is 13.4 Å². The molecule has 170 valence electrons. The molecule has 0 aliphatic carbocycles. The molecule has 0 amide bonds. The number of anilines is 1. The summed E-state index contributed by atoms with van der Waals surface area (Å²) in [4.78, 5) is 7.32. The molecule has 4 rings (SSSR count). The van der Waals surface area contributed by atoms with Crippen LogP contribution >= 0.6 is 27.3 Å². The maximum Gasteiger partial charge on any atom is 0.243 e. The van der Waals surface area contributed by atoms with Crippen LogP contribution < -0.4 is 9.64 Å². The number of thiazole rings is 1. The second-order valence-corrected chi connectivity index (χ2v) is 10.9. The molecule has 32 heavy (non-hydrogen) atoms. The topological polar surface area (TPSA) is 62.7 Å². The first kappa shape index (κ1) is 23.2. The monoisotopic (exact) mass is 535 g/mol. The number of nitrogens with zero attached hydrogens (tertiary/aromatic N) is 3. The van der Waals surface area contributed by atoms with E-state index in [4.69, 9.17) is 9.72 Å². The molecular weight excluding hydrogens is 510 g/mol. The molecule has 6 nitrogen and oxygen atoms in total. The zero-order valence-electron chi connectivity index (χ0n) is 17.9. The van der Waals surface area contributed by atoms with E-state index in [0.29, 0.717) is 43.0 Å². The van der Waals surface area contributed by atoms with Gasteiger partial charge in [-0.15, -0.1) is 11.3 Å². The van der Waals surface area contributed by atoms with Crippen molar-refractivity contribution in [3.8, 4) is 5.75 Å². The van der Waals surface area contributed by atoms with E-state index in [2.05, 4.69) is 38.3 Å². The van der Waals surface area contributed by atoms with Crippen LogP contribution in [0.1, 0.15) is 23.7 Å². The van der Waals surface area contributed by atoms with Gasteiger partial charge in [0.1, 0.15) is 5.75 Å². The molecule has 3 aromatic rings. The first-order valence-corrected chi connectivity index (χ1v) is 14.0. The first-order valence-electron chi connectivity index (χ1n) is 10.6. The summed E-state index contributed by atoms with van der Waals surface area (Å²) in [7, 11) is -3.47. The first-order chi connectivity index (χ1) is 15.5. The van der Waals surface area contributed by atoms with Gasteiger partial charge < -0.3 is 9.64 Å². The Labute approximate surface area is 202 Å². The van der Waals surface area contributed by atoms with E-state index in [1.807, 2.05) is 31.2 Å². The van der Waals surface area contributed by atoms with Crippen LogP contribution in [0.25, 0.3) is 0 Å². The van der Waals surface area contributed by atoms with Crippen molar-refractivity contribution in [1.29, 1.82) is 0 Å². The van der Waals surface area contributed by atoms with E-state index in [9.17, 15) is 8.42 Å². The van der Waals surface area contributed by atoms with E-state index in [-0.39, 0.29) is 0 Å². The highest BCUT2D eigenvalue weighted by molar-refractivity contribution is 9.08. The van der Waals surface area contributed by atoms with Crippen LogP contribution in [0, 0.1) is 0 Å². The molecule has 1 aliphatic rings. The predicted molar refractivity (Wildman–Crippen MR) is 133 cm³/mol. The van der Waals surface area contributed by atoms with Crippen LogP contribution in [-0.4, -0.2) is 50.5 Å². The van der Waals surface area contributed by atoms with E-state index in [1.54, 1.807) is 27.8 Å². The molecule has 0 N–H and O–H groups in total. The van der Waals surface area contributed by atoms with Gasteiger partial charge in [0.2, 0.25) is 10.0 Å². The maximum atomic E-state index is 13.0. The Balaban J connectivity index is 1.35. The Kier molecular flexibility index (Phi) is 7.50. The van der Waals surface area contributed by atoms with Crippen molar-refractivity contribution in [3.63, 3.8) is 0 Å². The summed E-state index contributed by atoms with van der Waals surface area (Å²) in [6.45, 7) is 4.81. The average molecular weight is 537 g/mol. The number of piperazine rings is 1. The molecule has 2 heterocycles. The Bertz CT molecular complexity index is 1120. The number of aromatic nitrogens is 1. The summed E-state index contributed by atoms with van der Waals surface area (Å²) in [6, 6.07) is 15.2.